The van der Waals surface area contributed by atoms with E-state index >= 15 is 0 Å². The fourth-order valence-electron chi connectivity index (χ4n) is 4.63. The number of alkyl halides is 5. The molecule has 5 rings (SSSR count). The van der Waals surface area contributed by atoms with Crippen LogP contribution in [0.15, 0.2) is 36.5 Å². The van der Waals surface area contributed by atoms with Crippen LogP contribution in [0.4, 0.5) is 27.8 Å². The summed E-state index contributed by atoms with van der Waals surface area (Å²) >= 11 is 0. The standard InChI is InChI=1S/C24H21F5N4O3/c1-12-20-16(10-36-12)15-8-17(31-9-18(15)32-21(20)30)22(34)33-6-7-35-11-19(33)13-2-4-14(5-3-13)23(25,26)24(27,28)29/h2-5,8-9,12,19H,6-7,10-11H2,1H3,(H2,30,32)/t12-,19+/m0/s1. The second-order valence-corrected chi connectivity index (χ2v) is 8.71. The fraction of sp³-hybridized carbons (Fsp3) is 0.375. The lowest BCUT2D eigenvalue weighted by atomic mass is 9.99. The van der Waals surface area contributed by atoms with Crippen LogP contribution in [0, 0.1) is 0 Å². The van der Waals surface area contributed by atoms with Gasteiger partial charge in [0, 0.05) is 23.1 Å². The lowest BCUT2D eigenvalue weighted by Gasteiger charge is -2.36. The van der Waals surface area contributed by atoms with Gasteiger partial charge in [-0.3, -0.25) is 4.79 Å². The van der Waals surface area contributed by atoms with Crippen LogP contribution < -0.4 is 5.73 Å². The number of carbonyl (C=O) groups is 1. The minimum absolute atomic E-state index is 0.0488. The summed E-state index contributed by atoms with van der Waals surface area (Å²) in [6.07, 6.45) is -4.50. The number of pyridine rings is 2. The molecular weight excluding hydrogens is 487 g/mol. The summed E-state index contributed by atoms with van der Waals surface area (Å²) in [6.45, 7) is 2.64. The van der Waals surface area contributed by atoms with Crippen molar-refractivity contribution in [1.29, 1.82) is 0 Å². The molecule has 2 atom stereocenters. The van der Waals surface area contributed by atoms with E-state index in [9.17, 15) is 26.7 Å². The van der Waals surface area contributed by atoms with E-state index in [1.54, 1.807) is 6.07 Å². The third-order valence-electron chi connectivity index (χ3n) is 6.56. The summed E-state index contributed by atoms with van der Waals surface area (Å²) in [5, 5.41) is 0.686. The number of fused-ring (bicyclic) bond motifs is 3. The van der Waals surface area contributed by atoms with Crippen LogP contribution >= 0.6 is 0 Å². The first-order valence-electron chi connectivity index (χ1n) is 11.1. The minimum Gasteiger partial charge on any atom is -0.383 e. The molecule has 1 aromatic carbocycles. The molecule has 0 aliphatic carbocycles. The zero-order chi connectivity index (χ0) is 25.8. The molecule has 190 valence electrons. The summed E-state index contributed by atoms with van der Waals surface area (Å²) < 4.78 is 76.7. The zero-order valence-electron chi connectivity index (χ0n) is 19.0. The summed E-state index contributed by atoms with van der Waals surface area (Å²) in [4.78, 5) is 23.6. The lowest BCUT2D eigenvalue weighted by molar-refractivity contribution is -0.289. The number of nitrogen functional groups attached to an aromatic ring is 1. The Morgan fingerprint density at radius 1 is 1.17 bits per heavy atom. The molecule has 4 heterocycles. The van der Waals surface area contributed by atoms with Gasteiger partial charge in [0.25, 0.3) is 5.91 Å². The van der Waals surface area contributed by atoms with Crippen LogP contribution in [0.1, 0.15) is 51.8 Å². The Morgan fingerprint density at radius 2 is 1.89 bits per heavy atom. The Balaban J connectivity index is 1.46. The lowest BCUT2D eigenvalue weighted by Crippen LogP contribution is -2.43. The largest absolute Gasteiger partial charge is 0.458 e. The average molecular weight is 508 g/mol. The fourth-order valence-corrected chi connectivity index (χ4v) is 4.63. The number of morpholine rings is 1. The van der Waals surface area contributed by atoms with Crippen molar-refractivity contribution in [3.8, 4) is 0 Å². The first kappa shape index (κ1) is 24.3. The number of amides is 1. The first-order chi connectivity index (χ1) is 17.0. The molecule has 2 aliphatic rings. The van der Waals surface area contributed by atoms with Crippen molar-refractivity contribution in [2.24, 2.45) is 0 Å². The van der Waals surface area contributed by atoms with Gasteiger partial charge in [0.05, 0.1) is 43.7 Å². The van der Waals surface area contributed by atoms with Gasteiger partial charge in [0.2, 0.25) is 0 Å². The van der Waals surface area contributed by atoms with E-state index in [0.29, 0.717) is 28.9 Å². The summed E-state index contributed by atoms with van der Waals surface area (Å²) in [6, 6.07) is 4.66. The monoisotopic (exact) mass is 508 g/mol. The molecule has 1 amide bonds. The molecular formula is C24H21F5N4O3. The van der Waals surface area contributed by atoms with Gasteiger partial charge in [-0.15, -0.1) is 0 Å². The molecule has 7 nitrogen and oxygen atoms in total. The summed E-state index contributed by atoms with van der Waals surface area (Å²) in [7, 11) is 0. The minimum atomic E-state index is -5.71. The van der Waals surface area contributed by atoms with Gasteiger partial charge in [-0.25, -0.2) is 9.97 Å². The predicted molar refractivity (Wildman–Crippen MR) is 118 cm³/mol. The maximum absolute atomic E-state index is 13.7. The number of rotatable bonds is 3. The molecule has 3 aromatic rings. The van der Waals surface area contributed by atoms with Gasteiger partial charge in [-0.2, -0.15) is 22.0 Å². The highest BCUT2D eigenvalue weighted by molar-refractivity contribution is 5.97. The Bertz CT molecular complexity index is 1330. The van der Waals surface area contributed by atoms with Crippen molar-refractivity contribution in [3.63, 3.8) is 0 Å². The van der Waals surface area contributed by atoms with Crippen LogP contribution in [0.3, 0.4) is 0 Å². The second kappa shape index (κ2) is 8.63. The molecule has 1 fully saturated rings. The van der Waals surface area contributed by atoms with Crippen LogP contribution in [-0.4, -0.2) is 46.7 Å². The molecule has 36 heavy (non-hydrogen) atoms. The highest BCUT2D eigenvalue weighted by Crippen LogP contribution is 2.44. The van der Waals surface area contributed by atoms with Gasteiger partial charge in [-0.05, 0) is 24.1 Å². The third kappa shape index (κ3) is 3.94. The predicted octanol–water partition coefficient (Wildman–Crippen LogP) is 4.67. The van der Waals surface area contributed by atoms with Crippen molar-refractivity contribution in [3.05, 3.63) is 64.5 Å². The maximum Gasteiger partial charge on any atom is 0.458 e. The van der Waals surface area contributed by atoms with Crippen molar-refractivity contribution >= 4 is 22.6 Å². The Hall–Kier alpha value is -3.38. The van der Waals surface area contributed by atoms with Crippen molar-refractivity contribution < 1.29 is 36.2 Å². The van der Waals surface area contributed by atoms with Crippen molar-refractivity contribution in [1.82, 2.24) is 14.9 Å². The molecule has 0 spiro atoms. The number of benzene rings is 1. The first-order valence-corrected chi connectivity index (χ1v) is 11.1. The van der Waals surface area contributed by atoms with Gasteiger partial charge >= 0.3 is 12.1 Å². The normalized spacial score (nSPS) is 20.6. The quantitative estimate of drug-likeness (QED) is 0.517. The van der Waals surface area contributed by atoms with Crippen LogP contribution in [0.25, 0.3) is 10.9 Å². The molecule has 2 aromatic heterocycles. The molecule has 0 saturated carbocycles. The van der Waals surface area contributed by atoms with Crippen LogP contribution in [-0.2, 0) is 22.0 Å². The van der Waals surface area contributed by atoms with E-state index in [0.717, 1.165) is 35.4 Å². The van der Waals surface area contributed by atoms with E-state index in [1.165, 1.54) is 11.1 Å². The smallest absolute Gasteiger partial charge is 0.383 e. The van der Waals surface area contributed by atoms with E-state index in [2.05, 4.69) is 9.97 Å². The molecule has 2 aliphatic heterocycles. The second-order valence-electron chi connectivity index (χ2n) is 8.71. The van der Waals surface area contributed by atoms with Crippen molar-refractivity contribution in [2.45, 2.75) is 37.8 Å². The molecule has 0 unspecified atom stereocenters. The number of aromatic nitrogens is 2. The zero-order valence-corrected chi connectivity index (χ0v) is 19.0. The highest BCUT2D eigenvalue weighted by atomic mass is 19.4. The Labute approximate surface area is 202 Å². The maximum atomic E-state index is 13.7. The molecule has 0 radical (unpaired) electrons. The number of nitrogens with zero attached hydrogens (tertiary/aromatic N) is 3. The van der Waals surface area contributed by atoms with Crippen LogP contribution in [0.5, 0.6) is 0 Å². The van der Waals surface area contributed by atoms with E-state index < -0.39 is 29.6 Å². The van der Waals surface area contributed by atoms with Crippen molar-refractivity contribution in [2.75, 3.05) is 25.5 Å². The number of halogens is 5. The summed E-state index contributed by atoms with van der Waals surface area (Å²) in [5.74, 6) is -5.08. The molecule has 2 N–H and O–H groups in total. The molecule has 1 saturated heterocycles. The number of hydrogen-bond donors (Lipinski definition) is 1. The topological polar surface area (TPSA) is 90.6 Å². The number of nitrogens with two attached hydrogens (primary N) is 1. The van der Waals surface area contributed by atoms with E-state index in [1.807, 2.05) is 6.92 Å². The van der Waals surface area contributed by atoms with Crippen LogP contribution in [0.2, 0.25) is 0 Å². The summed E-state index contributed by atoms with van der Waals surface area (Å²) in [5.41, 5.74) is 7.50. The van der Waals surface area contributed by atoms with Gasteiger partial charge in [0.15, 0.2) is 0 Å². The number of ether oxygens (including phenoxy) is 2. The third-order valence-corrected chi connectivity index (χ3v) is 6.56. The van der Waals surface area contributed by atoms with Gasteiger partial charge in [-0.1, -0.05) is 24.3 Å². The molecule has 0 bridgehead atoms. The van der Waals surface area contributed by atoms with E-state index in [-0.39, 0.29) is 31.6 Å². The Morgan fingerprint density at radius 3 is 2.58 bits per heavy atom. The highest BCUT2D eigenvalue weighted by Gasteiger charge is 2.58. The Kier molecular flexibility index (Phi) is 5.83. The number of carbonyl (C=O) groups excluding carboxylic acids is 1. The van der Waals surface area contributed by atoms with Gasteiger partial charge < -0.3 is 20.1 Å². The average Bonchev–Trinajstić information content (AvgIpc) is 3.25. The number of hydrogen-bond acceptors (Lipinski definition) is 6. The SMILES string of the molecule is C[C@@H]1OCc2c1c(N)nc1cnc(C(=O)N3CCOC[C@@H]3c3ccc(C(F)(F)C(F)(F)F)cc3)cc21. The molecule has 12 heteroatoms. The van der Waals surface area contributed by atoms with E-state index in [4.69, 9.17) is 15.2 Å². The van der Waals surface area contributed by atoms with Gasteiger partial charge in [0.1, 0.15) is 11.5 Å². The number of anilines is 1.